The van der Waals surface area contributed by atoms with Gasteiger partial charge in [0.05, 0.1) is 7.11 Å². The van der Waals surface area contributed by atoms with E-state index in [0.717, 1.165) is 12.2 Å². The third-order valence-corrected chi connectivity index (χ3v) is 3.02. The molecule has 0 aromatic rings. The van der Waals surface area contributed by atoms with Crippen LogP contribution in [-0.2, 0) is 4.74 Å². The Morgan fingerprint density at radius 2 is 2.13 bits per heavy atom. The van der Waals surface area contributed by atoms with Crippen molar-refractivity contribution >= 4 is 0 Å². The summed E-state index contributed by atoms with van der Waals surface area (Å²) in [5.41, 5.74) is 1.46. The Labute approximate surface area is 91.8 Å². The predicted octanol–water partition coefficient (Wildman–Crippen LogP) is 3.62. The fourth-order valence-electron chi connectivity index (χ4n) is 2.12. The van der Waals surface area contributed by atoms with E-state index >= 15 is 0 Å². The van der Waals surface area contributed by atoms with Crippen LogP contribution in [0.1, 0.15) is 19.8 Å². The summed E-state index contributed by atoms with van der Waals surface area (Å²) in [7, 11) is 1.72. The molecular weight excluding hydrogens is 184 g/mol. The monoisotopic (exact) mass is 202 g/mol. The number of methoxy groups -OCH3 is 1. The van der Waals surface area contributed by atoms with Gasteiger partial charge in [-0.05, 0) is 36.5 Å². The van der Waals surface area contributed by atoms with Gasteiger partial charge in [0.15, 0.2) is 0 Å². The molecule has 0 saturated heterocycles. The van der Waals surface area contributed by atoms with Crippen LogP contribution in [0.25, 0.3) is 0 Å². The Hall–Kier alpha value is -1.24. The first kappa shape index (κ1) is 10.3. The lowest BCUT2D eigenvalue weighted by Gasteiger charge is -2.20. The van der Waals surface area contributed by atoms with Crippen LogP contribution in [0.2, 0.25) is 0 Å². The van der Waals surface area contributed by atoms with Crippen LogP contribution in [0, 0.1) is 11.8 Å². The van der Waals surface area contributed by atoms with Gasteiger partial charge in [-0.15, -0.1) is 0 Å². The molecule has 0 amide bonds. The lowest BCUT2D eigenvalue weighted by Crippen LogP contribution is -2.06. The highest BCUT2D eigenvalue weighted by Crippen LogP contribution is 2.28. The van der Waals surface area contributed by atoms with E-state index in [2.05, 4.69) is 43.4 Å². The molecule has 0 radical (unpaired) electrons. The van der Waals surface area contributed by atoms with Crippen molar-refractivity contribution in [1.82, 2.24) is 0 Å². The van der Waals surface area contributed by atoms with Crippen molar-refractivity contribution in [1.29, 1.82) is 0 Å². The maximum absolute atomic E-state index is 5.18. The molecule has 15 heavy (non-hydrogen) atoms. The average Bonchev–Trinajstić information content (AvgIpc) is 2.29. The van der Waals surface area contributed by atoms with E-state index in [9.17, 15) is 0 Å². The van der Waals surface area contributed by atoms with E-state index in [4.69, 9.17) is 4.74 Å². The minimum atomic E-state index is 0.544. The highest BCUT2D eigenvalue weighted by molar-refractivity contribution is 5.33. The molecule has 0 saturated carbocycles. The smallest absolute Gasteiger partial charge is 0.114 e. The minimum absolute atomic E-state index is 0.544. The summed E-state index contributed by atoms with van der Waals surface area (Å²) in [6, 6.07) is 0. The standard InChI is InChI=1S/C14H18O/c1-11-4-3-5-13(10-11)12-6-8-14(15-2)9-7-12/h3,5-6,8-12H,4,7H2,1-2H3. The molecule has 2 rings (SSSR count). The van der Waals surface area contributed by atoms with Crippen LogP contribution in [0.4, 0.5) is 0 Å². The van der Waals surface area contributed by atoms with E-state index in [-0.39, 0.29) is 0 Å². The van der Waals surface area contributed by atoms with Crippen molar-refractivity contribution in [2.75, 3.05) is 7.11 Å². The first-order valence-corrected chi connectivity index (χ1v) is 5.60. The van der Waals surface area contributed by atoms with Crippen molar-refractivity contribution in [3.63, 3.8) is 0 Å². The van der Waals surface area contributed by atoms with Crippen LogP contribution in [0.15, 0.2) is 47.8 Å². The highest BCUT2D eigenvalue weighted by atomic mass is 16.5. The van der Waals surface area contributed by atoms with Crippen LogP contribution in [-0.4, -0.2) is 7.11 Å². The third kappa shape index (κ3) is 2.41. The molecule has 0 aromatic heterocycles. The summed E-state index contributed by atoms with van der Waals surface area (Å²) in [5, 5.41) is 0. The molecular formula is C14H18O. The predicted molar refractivity (Wildman–Crippen MR) is 63.3 cm³/mol. The van der Waals surface area contributed by atoms with Crippen LogP contribution in [0.3, 0.4) is 0 Å². The SMILES string of the molecule is COC1=CCC(C2=CC(C)CC=C2)C=C1. The molecule has 0 heterocycles. The first-order valence-electron chi connectivity index (χ1n) is 5.60. The summed E-state index contributed by atoms with van der Waals surface area (Å²) in [4.78, 5) is 0. The van der Waals surface area contributed by atoms with Gasteiger partial charge in [0, 0.05) is 5.92 Å². The first-order chi connectivity index (χ1) is 7.29. The van der Waals surface area contributed by atoms with Crippen molar-refractivity contribution < 1.29 is 4.74 Å². The van der Waals surface area contributed by atoms with Crippen molar-refractivity contribution in [3.8, 4) is 0 Å². The second-order valence-corrected chi connectivity index (χ2v) is 4.29. The second kappa shape index (κ2) is 4.52. The summed E-state index contributed by atoms with van der Waals surface area (Å²) >= 11 is 0. The Morgan fingerprint density at radius 1 is 1.27 bits per heavy atom. The number of allylic oxidation sites excluding steroid dienone is 7. The summed E-state index contributed by atoms with van der Waals surface area (Å²) < 4.78 is 5.18. The van der Waals surface area contributed by atoms with Crippen LogP contribution < -0.4 is 0 Å². The molecule has 0 spiro atoms. The highest BCUT2D eigenvalue weighted by Gasteiger charge is 2.14. The largest absolute Gasteiger partial charge is 0.497 e. The number of hydrogen-bond donors (Lipinski definition) is 0. The van der Waals surface area contributed by atoms with Gasteiger partial charge >= 0.3 is 0 Å². The van der Waals surface area contributed by atoms with E-state index in [1.165, 1.54) is 12.0 Å². The molecule has 80 valence electrons. The maximum Gasteiger partial charge on any atom is 0.114 e. The molecule has 1 heteroatoms. The molecule has 0 aliphatic heterocycles. The average molecular weight is 202 g/mol. The molecule has 1 nitrogen and oxygen atoms in total. The fraction of sp³-hybridized carbons (Fsp3) is 0.429. The van der Waals surface area contributed by atoms with E-state index in [1.807, 2.05) is 0 Å². The van der Waals surface area contributed by atoms with E-state index in [1.54, 1.807) is 7.11 Å². The van der Waals surface area contributed by atoms with Gasteiger partial charge in [0.2, 0.25) is 0 Å². The molecule has 0 fully saturated rings. The van der Waals surface area contributed by atoms with Gasteiger partial charge in [-0.25, -0.2) is 0 Å². The summed E-state index contributed by atoms with van der Waals surface area (Å²) in [6.45, 7) is 2.27. The van der Waals surface area contributed by atoms with Gasteiger partial charge in [-0.2, -0.15) is 0 Å². The maximum atomic E-state index is 5.18. The topological polar surface area (TPSA) is 9.23 Å². The molecule has 2 aliphatic rings. The molecule has 0 bridgehead atoms. The second-order valence-electron chi connectivity index (χ2n) is 4.29. The Balaban J connectivity index is 2.06. The molecule has 2 unspecified atom stereocenters. The van der Waals surface area contributed by atoms with Gasteiger partial charge in [-0.3, -0.25) is 0 Å². The van der Waals surface area contributed by atoms with Crippen LogP contribution >= 0.6 is 0 Å². The zero-order chi connectivity index (χ0) is 10.7. The summed E-state index contributed by atoms with van der Waals surface area (Å²) in [6.07, 6.45) is 15.7. The van der Waals surface area contributed by atoms with Gasteiger partial charge in [-0.1, -0.05) is 31.2 Å². The molecule has 2 atom stereocenters. The normalized spacial score (nSPS) is 29.7. The number of hydrogen-bond acceptors (Lipinski definition) is 1. The Morgan fingerprint density at radius 3 is 2.73 bits per heavy atom. The van der Waals surface area contributed by atoms with Crippen molar-refractivity contribution in [3.05, 3.63) is 47.8 Å². The third-order valence-electron chi connectivity index (χ3n) is 3.02. The Kier molecular flexibility index (Phi) is 3.10. The Bertz CT molecular complexity index is 344. The fourth-order valence-corrected chi connectivity index (χ4v) is 2.12. The van der Waals surface area contributed by atoms with Crippen LogP contribution in [0.5, 0.6) is 0 Å². The lowest BCUT2D eigenvalue weighted by atomic mass is 9.86. The van der Waals surface area contributed by atoms with Gasteiger partial charge in [0.1, 0.15) is 5.76 Å². The van der Waals surface area contributed by atoms with Crippen molar-refractivity contribution in [2.45, 2.75) is 19.8 Å². The molecule has 2 aliphatic carbocycles. The van der Waals surface area contributed by atoms with E-state index in [0.29, 0.717) is 11.8 Å². The van der Waals surface area contributed by atoms with Gasteiger partial charge < -0.3 is 4.74 Å². The zero-order valence-corrected chi connectivity index (χ0v) is 9.44. The molecule has 0 aromatic carbocycles. The quantitative estimate of drug-likeness (QED) is 0.664. The zero-order valence-electron chi connectivity index (χ0n) is 9.44. The number of rotatable bonds is 2. The van der Waals surface area contributed by atoms with E-state index < -0.39 is 0 Å². The van der Waals surface area contributed by atoms with Gasteiger partial charge in [0.25, 0.3) is 0 Å². The number of ether oxygens (including phenoxy) is 1. The minimum Gasteiger partial charge on any atom is -0.497 e. The van der Waals surface area contributed by atoms with Crippen molar-refractivity contribution in [2.24, 2.45) is 11.8 Å². The summed E-state index contributed by atoms with van der Waals surface area (Å²) in [5.74, 6) is 2.22. The molecule has 0 N–H and O–H groups in total. The lowest BCUT2D eigenvalue weighted by molar-refractivity contribution is 0.302.